The molecule has 0 aromatic heterocycles. The lowest BCUT2D eigenvalue weighted by Gasteiger charge is -2.22. The first kappa shape index (κ1) is 17.1. The molecule has 2 bridgehead atoms. The summed E-state index contributed by atoms with van der Waals surface area (Å²) in [5.41, 5.74) is 0.0500. The van der Waals surface area contributed by atoms with Crippen molar-refractivity contribution in [2.45, 2.75) is 31.5 Å². The summed E-state index contributed by atoms with van der Waals surface area (Å²) in [7, 11) is 1.60. The fourth-order valence-electron chi connectivity index (χ4n) is 4.16. The van der Waals surface area contributed by atoms with Gasteiger partial charge in [-0.15, -0.1) is 0 Å². The number of methoxy groups -OCH3 is 1. The highest BCUT2D eigenvalue weighted by Crippen LogP contribution is 2.52. The van der Waals surface area contributed by atoms with Crippen LogP contribution in [0.5, 0.6) is 5.75 Å². The lowest BCUT2D eigenvalue weighted by Crippen LogP contribution is -2.40. The van der Waals surface area contributed by atoms with Crippen LogP contribution in [0, 0.1) is 11.8 Å². The fourth-order valence-corrected chi connectivity index (χ4v) is 4.16. The smallest absolute Gasteiger partial charge is 0.312 e. The summed E-state index contributed by atoms with van der Waals surface area (Å²) in [5.74, 6) is -0.765. The standard InChI is InChI=1S/C20H23NO5/c1-3-4-11-25-19(23)16-15-9-10-20(26-15)12-21(18(22)17(16)20)13-5-7-14(24-2)8-6-13/h5-10,15-17H,3-4,11-12H2,1-2H3/t15-,16?,17+,20-/m1/s1. The van der Waals surface area contributed by atoms with E-state index in [1.165, 1.54) is 0 Å². The van der Waals surface area contributed by atoms with Gasteiger partial charge >= 0.3 is 5.97 Å². The molecule has 1 amide bonds. The highest BCUT2D eigenvalue weighted by Gasteiger charge is 2.67. The molecule has 138 valence electrons. The van der Waals surface area contributed by atoms with E-state index in [4.69, 9.17) is 14.2 Å². The van der Waals surface area contributed by atoms with E-state index in [2.05, 4.69) is 0 Å². The number of anilines is 1. The SMILES string of the molecule is CCCCOC(=O)C1[C@H]2C(=O)N(c3ccc(OC)cc3)C[C@]23C=C[C@H]1O3. The van der Waals surface area contributed by atoms with Crippen LogP contribution in [-0.4, -0.2) is 43.8 Å². The van der Waals surface area contributed by atoms with Crippen LogP contribution < -0.4 is 9.64 Å². The summed E-state index contributed by atoms with van der Waals surface area (Å²) in [5, 5.41) is 0. The lowest BCUT2D eigenvalue weighted by atomic mass is 9.77. The van der Waals surface area contributed by atoms with Gasteiger partial charge in [0, 0.05) is 5.69 Å². The van der Waals surface area contributed by atoms with Crippen molar-refractivity contribution in [3.05, 3.63) is 36.4 Å². The van der Waals surface area contributed by atoms with Crippen molar-refractivity contribution in [3.63, 3.8) is 0 Å². The van der Waals surface area contributed by atoms with E-state index in [1.54, 1.807) is 12.0 Å². The average Bonchev–Trinajstić information content (AvgIpc) is 3.30. The van der Waals surface area contributed by atoms with Crippen LogP contribution in [-0.2, 0) is 19.1 Å². The second-order valence-electron chi connectivity index (χ2n) is 7.04. The highest BCUT2D eigenvalue weighted by atomic mass is 16.6. The van der Waals surface area contributed by atoms with Crippen LogP contribution in [0.1, 0.15) is 19.8 Å². The predicted octanol–water partition coefficient (Wildman–Crippen LogP) is 2.32. The van der Waals surface area contributed by atoms with Gasteiger partial charge in [-0.1, -0.05) is 25.5 Å². The summed E-state index contributed by atoms with van der Waals surface area (Å²) in [6.45, 7) is 2.84. The summed E-state index contributed by atoms with van der Waals surface area (Å²) < 4.78 is 16.7. The molecule has 0 aliphatic carbocycles. The molecule has 2 saturated heterocycles. The number of esters is 1. The quantitative estimate of drug-likeness (QED) is 0.444. The number of ether oxygens (including phenoxy) is 3. The normalized spacial score (nSPS) is 31.4. The van der Waals surface area contributed by atoms with Crippen LogP contribution in [0.4, 0.5) is 5.69 Å². The van der Waals surface area contributed by atoms with E-state index in [0.717, 1.165) is 24.3 Å². The van der Waals surface area contributed by atoms with Gasteiger partial charge in [0.25, 0.3) is 0 Å². The van der Waals surface area contributed by atoms with Gasteiger partial charge in [0.15, 0.2) is 0 Å². The van der Waals surface area contributed by atoms with Gasteiger partial charge in [-0.2, -0.15) is 0 Å². The van der Waals surface area contributed by atoms with Crippen LogP contribution in [0.15, 0.2) is 36.4 Å². The Balaban J connectivity index is 1.57. The number of nitrogens with zero attached hydrogens (tertiary/aromatic N) is 1. The van der Waals surface area contributed by atoms with Gasteiger partial charge in [0.05, 0.1) is 32.3 Å². The van der Waals surface area contributed by atoms with Crippen LogP contribution in [0.3, 0.4) is 0 Å². The Hall–Kier alpha value is -2.34. The van der Waals surface area contributed by atoms with E-state index >= 15 is 0 Å². The zero-order valence-electron chi connectivity index (χ0n) is 15.0. The summed E-state index contributed by atoms with van der Waals surface area (Å²) in [6.07, 6.45) is 5.25. The third-order valence-electron chi connectivity index (χ3n) is 5.50. The van der Waals surface area contributed by atoms with Gasteiger partial charge in [-0.05, 0) is 30.7 Å². The van der Waals surface area contributed by atoms with Crippen LogP contribution in [0.2, 0.25) is 0 Å². The molecule has 1 spiro atoms. The number of benzene rings is 1. The average molecular weight is 357 g/mol. The number of rotatable bonds is 6. The molecule has 4 atom stereocenters. The number of fused-ring (bicyclic) bond motifs is 1. The number of hydrogen-bond donors (Lipinski definition) is 0. The molecule has 3 aliphatic heterocycles. The highest BCUT2D eigenvalue weighted by molar-refractivity contribution is 6.02. The number of carbonyl (C=O) groups excluding carboxylic acids is 2. The number of unbranched alkanes of at least 4 members (excludes halogenated alkanes) is 1. The number of amides is 1. The van der Waals surface area contributed by atoms with E-state index in [1.807, 2.05) is 43.3 Å². The monoisotopic (exact) mass is 357 g/mol. The zero-order valence-corrected chi connectivity index (χ0v) is 15.0. The Morgan fingerprint density at radius 1 is 1.35 bits per heavy atom. The van der Waals surface area contributed by atoms with E-state index < -0.39 is 17.4 Å². The molecular formula is C20H23NO5. The second kappa shape index (κ2) is 6.43. The minimum absolute atomic E-state index is 0.0838. The molecule has 26 heavy (non-hydrogen) atoms. The molecule has 3 aliphatic rings. The Kier molecular flexibility index (Phi) is 4.23. The Bertz CT molecular complexity index is 743. The topological polar surface area (TPSA) is 65.1 Å². The van der Waals surface area contributed by atoms with E-state index in [0.29, 0.717) is 13.2 Å². The largest absolute Gasteiger partial charge is 0.497 e. The first-order chi connectivity index (χ1) is 12.6. The number of carbonyl (C=O) groups is 2. The first-order valence-electron chi connectivity index (χ1n) is 9.09. The molecule has 2 fully saturated rings. The molecule has 1 aromatic carbocycles. The van der Waals surface area contributed by atoms with Crippen LogP contribution in [0.25, 0.3) is 0 Å². The lowest BCUT2D eigenvalue weighted by molar-refractivity contribution is -0.152. The molecule has 0 N–H and O–H groups in total. The molecule has 6 heteroatoms. The van der Waals surface area contributed by atoms with Crippen molar-refractivity contribution in [2.24, 2.45) is 11.8 Å². The Morgan fingerprint density at radius 2 is 2.12 bits per heavy atom. The Labute approximate surface area is 152 Å². The molecule has 0 radical (unpaired) electrons. The van der Waals surface area contributed by atoms with Crippen molar-refractivity contribution < 1.29 is 23.8 Å². The summed E-state index contributed by atoms with van der Waals surface area (Å²) in [4.78, 5) is 27.4. The first-order valence-corrected chi connectivity index (χ1v) is 9.09. The minimum Gasteiger partial charge on any atom is -0.497 e. The predicted molar refractivity (Wildman–Crippen MR) is 94.9 cm³/mol. The zero-order chi connectivity index (χ0) is 18.3. The molecule has 0 saturated carbocycles. The number of hydrogen-bond acceptors (Lipinski definition) is 5. The maximum Gasteiger partial charge on any atom is 0.312 e. The molecular weight excluding hydrogens is 334 g/mol. The maximum absolute atomic E-state index is 13.1. The van der Waals surface area contributed by atoms with Crippen molar-refractivity contribution in [1.82, 2.24) is 0 Å². The molecule has 1 unspecified atom stereocenters. The maximum atomic E-state index is 13.1. The van der Waals surface area contributed by atoms with Gasteiger partial charge in [0.2, 0.25) is 5.91 Å². The van der Waals surface area contributed by atoms with Gasteiger partial charge in [0.1, 0.15) is 17.3 Å². The Morgan fingerprint density at radius 3 is 2.81 bits per heavy atom. The molecule has 1 aromatic rings. The third kappa shape index (κ3) is 2.51. The van der Waals surface area contributed by atoms with Gasteiger partial charge in [-0.3, -0.25) is 9.59 Å². The second-order valence-corrected chi connectivity index (χ2v) is 7.04. The van der Waals surface area contributed by atoms with E-state index in [-0.39, 0.29) is 18.0 Å². The third-order valence-corrected chi connectivity index (χ3v) is 5.50. The van der Waals surface area contributed by atoms with Crippen molar-refractivity contribution in [3.8, 4) is 5.75 Å². The van der Waals surface area contributed by atoms with Crippen molar-refractivity contribution in [2.75, 3.05) is 25.2 Å². The summed E-state index contributed by atoms with van der Waals surface area (Å²) >= 11 is 0. The van der Waals surface area contributed by atoms with Crippen LogP contribution >= 0.6 is 0 Å². The van der Waals surface area contributed by atoms with Gasteiger partial charge in [-0.25, -0.2) is 0 Å². The van der Waals surface area contributed by atoms with Gasteiger partial charge < -0.3 is 19.1 Å². The summed E-state index contributed by atoms with van der Waals surface area (Å²) in [6, 6.07) is 7.33. The molecule has 4 rings (SSSR count). The van der Waals surface area contributed by atoms with E-state index in [9.17, 15) is 9.59 Å². The minimum atomic E-state index is -0.726. The molecule has 6 nitrogen and oxygen atoms in total. The van der Waals surface area contributed by atoms with Crippen molar-refractivity contribution in [1.29, 1.82) is 0 Å². The van der Waals surface area contributed by atoms with Crippen molar-refractivity contribution >= 4 is 17.6 Å². The fraction of sp³-hybridized carbons (Fsp3) is 0.500. The molecule has 3 heterocycles.